The molecule has 1 heterocycles. The van der Waals surface area contributed by atoms with Crippen LogP contribution in [-0.4, -0.2) is 18.9 Å². The Bertz CT molecular complexity index is 405. The molecule has 0 spiro atoms. The van der Waals surface area contributed by atoms with Gasteiger partial charge in [0.15, 0.2) is 0 Å². The molecule has 1 unspecified atom stereocenters. The fraction of sp³-hybridized carbons (Fsp3) is 0.500. The molecule has 0 aromatic carbocycles. The van der Waals surface area contributed by atoms with E-state index in [1.165, 1.54) is 7.11 Å². The van der Waals surface area contributed by atoms with Crippen LogP contribution in [0.15, 0.2) is 16.5 Å². The van der Waals surface area contributed by atoms with E-state index in [4.69, 9.17) is 4.42 Å². The van der Waals surface area contributed by atoms with Crippen molar-refractivity contribution in [2.75, 3.05) is 7.11 Å². The highest BCUT2D eigenvalue weighted by atomic mass is 16.5. The number of esters is 1. The van der Waals surface area contributed by atoms with E-state index in [-0.39, 0.29) is 11.7 Å². The summed E-state index contributed by atoms with van der Waals surface area (Å²) >= 11 is 0. The maximum Gasteiger partial charge on any atom is 0.373 e. The molecule has 0 N–H and O–H groups in total. The lowest BCUT2D eigenvalue weighted by Crippen LogP contribution is -2.08. The Morgan fingerprint density at radius 2 is 2.38 bits per heavy atom. The summed E-state index contributed by atoms with van der Waals surface area (Å²) in [6, 6.07) is 3.32. The van der Waals surface area contributed by atoms with Crippen molar-refractivity contribution in [1.82, 2.24) is 0 Å². The zero-order valence-corrected chi connectivity index (χ0v) is 9.19. The first-order valence-corrected chi connectivity index (χ1v) is 5.40. The first kappa shape index (κ1) is 10.9. The largest absolute Gasteiger partial charge is 0.463 e. The predicted molar refractivity (Wildman–Crippen MR) is 56.1 cm³/mol. The lowest BCUT2D eigenvalue weighted by atomic mass is 10.0. The zero-order valence-electron chi connectivity index (χ0n) is 9.19. The summed E-state index contributed by atoms with van der Waals surface area (Å²) in [6.07, 6.45) is 3.16. The third kappa shape index (κ3) is 2.15. The van der Waals surface area contributed by atoms with Crippen molar-refractivity contribution in [3.63, 3.8) is 0 Å². The highest BCUT2D eigenvalue weighted by molar-refractivity contribution is 5.86. The number of Topliss-reactive ketones (excluding diaryl/α,β-unsaturated/α-hetero) is 1. The van der Waals surface area contributed by atoms with Gasteiger partial charge in [-0.05, 0) is 25.0 Å². The molecule has 1 aliphatic carbocycles. The zero-order chi connectivity index (χ0) is 11.5. The van der Waals surface area contributed by atoms with Gasteiger partial charge >= 0.3 is 5.97 Å². The minimum absolute atomic E-state index is 0.0663. The number of rotatable bonds is 3. The molecule has 0 saturated heterocycles. The van der Waals surface area contributed by atoms with Crippen LogP contribution in [0.25, 0.3) is 0 Å². The second kappa shape index (κ2) is 4.51. The number of methoxy groups -OCH3 is 1. The molecular weight excluding hydrogens is 208 g/mol. The number of hydrogen-bond donors (Lipinski definition) is 0. The summed E-state index contributed by atoms with van der Waals surface area (Å²) in [6.45, 7) is 0. The van der Waals surface area contributed by atoms with Gasteiger partial charge in [0.05, 0.1) is 7.11 Å². The summed E-state index contributed by atoms with van der Waals surface area (Å²) in [4.78, 5) is 22.6. The summed E-state index contributed by atoms with van der Waals surface area (Å²) in [5.74, 6) is 0.764. The van der Waals surface area contributed by atoms with Crippen LogP contribution in [0, 0.1) is 5.92 Å². The van der Waals surface area contributed by atoms with Crippen LogP contribution >= 0.6 is 0 Å². The molecule has 1 fully saturated rings. The third-order valence-electron chi connectivity index (χ3n) is 2.93. The Hall–Kier alpha value is -1.58. The topological polar surface area (TPSA) is 56.5 Å². The van der Waals surface area contributed by atoms with Gasteiger partial charge in [0, 0.05) is 18.8 Å². The Labute approximate surface area is 93.6 Å². The molecule has 86 valence electrons. The standard InChI is InChI=1S/C12H14O4/c1-15-12(14)11-6-5-9(16-11)7-8-3-2-4-10(8)13/h5-6,8H,2-4,7H2,1H3. The Morgan fingerprint density at radius 1 is 1.56 bits per heavy atom. The molecule has 0 amide bonds. The second-order valence-corrected chi connectivity index (χ2v) is 4.02. The summed E-state index contributed by atoms with van der Waals surface area (Å²) in [5.41, 5.74) is 0. The van der Waals surface area contributed by atoms with Gasteiger partial charge in [0.25, 0.3) is 0 Å². The van der Waals surface area contributed by atoms with Crippen LogP contribution in [-0.2, 0) is 16.0 Å². The first-order chi connectivity index (χ1) is 7.70. The van der Waals surface area contributed by atoms with Gasteiger partial charge < -0.3 is 9.15 Å². The molecule has 16 heavy (non-hydrogen) atoms. The van der Waals surface area contributed by atoms with Gasteiger partial charge in [-0.1, -0.05) is 0 Å². The molecule has 1 aliphatic rings. The first-order valence-electron chi connectivity index (χ1n) is 5.40. The van der Waals surface area contributed by atoms with Gasteiger partial charge in [-0.25, -0.2) is 4.79 Å². The van der Waals surface area contributed by atoms with Gasteiger partial charge in [0.2, 0.25) is 5.76 Å². The molecule has 2 rings (SSSR count). The average Bonchev–Trinajstić information content (AvgIpc) is 2.89. The van der Waals surface area contributed by atoms with Crippen LogP contribution in [0.4, 0.5) is 0 Å². The molecule has 1 saturated carbocycles. The molecule has 0 bridgehead atoms. The van der Waals surface area contributed by atoms with Crippen LogP contribution in [0.2, 0.25) is 0 Å². The minimum atomic E-state index is -0.482. The van der Waals surface area contributed by atoms with Crippen molar-refractivity contribution in [2.45, 2.75) is 25.7 Å². The lowest BCUT2D eigenvalue weighted by molar-refractivity contribution is -0.120. The van der Waals surface area contributed by atoms with Crippen molar-refractivity contribution >= 4 is 11.8 Å². The van der Waals surface area contributed by atoms with Gasteiger partial charge in [0.1, 0.15) is 11.5 Å². The van der Waals surface area contributed by atoms with Crippen LogP contribution < -0.4 is 0 Å². The minimum Gasteiger partial charge on any atom is -0.463 e. The van der Waals surface area contributed by atoms with Crippen molar-refractivity contribution < 1.29 is 18.7 Å². The fourth-order valence-electron chi connectivity index (χ4n) is 2.04. The third-order valence-corrected chi connectivity index (χ3v) is 2.93. The normalized spacial score (nSPS) is 20.1. The van der Waals surface area contributed by atoms with E-state index >= 15 is 0 Å². The Kier molecular flexibility index (Phi) is 3.08. The molecule has 0 radical (unpaired) electrons. The second-order valence-electron chi connectivity index (χ2n) is 4.02. The molecule has 1 atom stereocenters. The van der Waals surface area contributed by atoms with E-state index in [2.05, 4.69) is 4.74 Å². The van der Waals surface area contributed by atoms with Gasteiger partial charge in [-0.15, -0.1) is 0 Å². The predicted octanol–water partition coefficient (Wildman–Crippen LogP) is 1.98. The molecular formula is C12H14O4. The van der Waals surface area contributed by atoms with Crippen LogP contribution in [0.5, 0.6) is 0 Å². The maximum absolute atomic E-state index is 11.4. The number of furan rings is 1. The van der Waals surface area contributed by atoms with E-state index in [0.29, 0.717) is 24.4 Å². The van der Waals surface area contributed by atoms with Crippen molar-refractivity contribution in [1.29, 1.82) is 0 Å². The van der Waals surface area contributed by atoms with E-state index in [9.17, 15) is 9.59 Å². The van der Waals surface area contributed by atoms with Crippen LogP contribution in [0.1, 0.15) is 35.6 Å². The van der Waals surface area contributed by atoms with Crippen molar-refractivity contribution in [3.05, 3.63) is 23.7 Å². The molecule has 0 aliphatic heterocycles. The van der Waals surface area contributed by atoms with Gasteiger partial charge in [-0.3, -0.25) is 4.79 Å². The average molecular weight is 222 g/mol. The monoisotopic (exact) mass is 222 g/mol. The Morgan fingerprint density at radius 3 is 3.00 bits per heavy atom. The highest BCUT2D eigenvalue weighted by Crippen LogP contribution is 2.25. The smallest absolute Gasteiger partial charge is 0.373 e. The summed E-state index contributed by atoms with van der Waals surface area (Å²) < 4.78 is 9.86. The van der Waals surface area contributed by atoms with E-state index < -0.39 is 5.97 Å². The van der Waals surface area contributed by atoms with E-state index in [1.54, 1.807) is 12.1 Å². The van der Waals surface area contributed by atoms with E-state index in [0.717, 1.165) is 12.8 Å². The van der Waals surface area contributed by atoms with Crippen LogP contribution in [0.3, 0.4) is 0 Å². The van der Waals surface area contributed by atoms with Gasteiger partial charge in [-0.2, -0.15) is 0 Å². The number of ketones is 1. The summed E-state index contributed by atoms with van der Waals surface area (Å²) in [7, 11) is 1.31. The molecule has 1 aromatic rings. The Balaban J connectivity index is 2.02. The number of ether oxygens (including phenoxy) is 1. The number of hydrogen-bond acceptors (Lipinski definition) is 4. The lowest BCUT2D eigenvalue weighted by Gasteiger charge is -2.04. The van der Waals surface area contributed by atoms with Crippen molar-refractivity contribution in [3.8, 4) is 0 Å². The molecule has 4 heteroatoms. The molecule has 4 nitrogen and oxygen atoms in total. The maximum atomic E-state index is 11.4. The molecule has 1 aromatic heterocycles. The van der Waals surface area contributed by atoms with E-state index in [1.807, 2.05) is 0 Å². The number of carbonyl (C=O) groups is 2. The quantitative estimate of drug-likeness (QED) is 0.734. The van der Waals surface area contributed by atoms with Crippen molar-refractivity contribution in [2.24, 2.45) is 5.92 Å². The SMILES string of the molecule is COC(=O)c1ccc(CC2CCCC2=O)o1. The number of carbonyl (C=O) groups excluding carboxylic acids is 2. The fourth-order valence-corrected chi connectivity index (χ4v) is 2.04. The highest BCUT2D eigenvalue weighted by Gasteiger charge is 2.25. The summed E-state index contributed by atoms with van der Waals surface area (Å²) in [5, 5.41) is 0.